The number of nitrogens with one attached hydrogen (secondary N) is 2. The molecule has 0 aromatic carbocycles. The monoisotopic (exact) mass is 516 g/mol. The molecule has 0 bridgehead atoms. The number of hydrogen-bond acceptors (Lipinski definition) is 5. The zero-order valence-corrected chi connectivity index (χ0v) is 19.4. The predicted octanol–water partition coefficient (Wildman–Crippen LogP) is 5.02. The first-order chi connectivity index (χ1) is 12.7. The van der Waals surface area contributed by atoms with Gasteiger partial charge in [0.05, 0.1) is 25.0 Å². The molecule has 0 fully saturated rings. The summed E-state index contributed by atoms with van der Waals surface area (Å²) in [6, 6.07) is 8.05. The second kappa shape index (κ2) is 11.5. The van der Waals surface area contributed by atoms with Crippen molar-refractivity contribution in [3.63, 3.8) is 0 Å². The molecular formula is C19H25IN4OS2. The summed E-state index contributed by atoms with van der Waals surface area (Å²) in [6.45, 7) is 6.43. The molecule has 0 aliphatic rings. The zero-order valence-electron chi connectivity index (χ0n) is 15.5. The first-order valence-electron chi connectivity index (χ1n) is 8.72. The van der Waals surface area contributed by atoms with Gasteiger partial charge in [0.25, 0.3) is 0 Å². The van der Waals surface area contributed by atoms with Crippen LogP contribution >= 0.6 is 46.7 Å². The first kappa shape index (κ1) is 21.9. The maximum absolute atomic E-state index is 5.38. The Morgan fingerprint density at radius 3 is 2.78 bits per heavy atom. The normalized spacial score (nSPS) is 11.4. The van der Waals surface area contributed by atoms with Gasteiger partial charge in [0.2, 0.25) is 0 Å². The maximum Gasteiger partial charge on any atom is 0.191 e. The van der Waals surface area contributed by atoms with Crippen LogP contribution in [0, 0.1) is 0 Å². The van der Waals surface area contributed by atoms with E-state index in [1.165, 1.54) is 4.88 Å². The van der Waals surface area contributed by atoms with Crippen LogP contribution in [0.15, 0.2) is 50.7 Å². The Hall–Kier alpha value is -1.39. The van der Waals surface area contributed by atoms with Gasteiger partial charge in [-0.3, -0.25) is 0 Å². The summed E-state index contributed by atoms with van der Waals surface area (Å²) in [7, 11) is 0. The molecule has 8 heteroatoms. The van der Waals surface area contributed by atoms with Crippen LogP contribution in [0.3, 0.4) is 0 Å². The highest BCUT2D eigenvalue weighted by atomic mass is 127. The molecule has 0 atom stereocenters. The topological polar surface area (TPSA) is 62.5 Å². The summed E-state index contributed by atoms with van der Waals surface area (Å²) in [6.07, 6.45) is 2.52. The maximum atomic E-state index is 5.38. The van der Waals surface area contributed by atoms with Crippen molar-refractivity contribution in [1.29, 1.82) is 0 Å². The van der Waals surface area contributed by atoms with Crippen molar-refractivity contribution in [3.8, 4) is 0 Å². The molecule has 3 heterocycles. The minimum absolute atomic E-state index is 0. The summed E-state index contributed by atoms with van der Waals surface area (Å²) in [4.78, 5) is 10.6. The average Bonchev–Trinajstić information content (AvgIpc) is 3.39. The molecule has 5 nitrogen and oxygen atoms in total. The van der Waals surface area contributed by atoms with E-state index in [0.717, 1.165) is 35.4 Å². The number of hydrogen-bond donors (Lipinski definition) is 2. The van der Waals surface area contributed by atoms with Gasteiger partial charge in [-0.2, -0.15) is 0 Å². The standard InChI is InChI=1S/C19H24N4OS2.HI/c1-14(2)17-13-26-18(23-17)12-22-19(21-11-16-6-4-10-25-16)20-8-7-15-5-3-9-24-15;/h3-6,9-10,13-14H,7-8,11-12H2,1-2H3,(H2,20,21,22);1H. The van der Waals surface area contributed by atoms with E-state index in [9.17, 15) is 0 Å². The van der Waals surface area contributed by atoms with Crippen molar-refractivity contribution in [2.75, 3.05) is 6.54 Å². The lowest BCUT2D eigenvalue weighted by molar-refractivity contribution is 0.506. The van der Waals surface area contributed by atoms with Gasteiger partial charge in [-0.1, -0.05) is 19.9 Å². The highest BCUT2D eigenvalue weighted by Gasteiger charge is 2.07. The van der Waals surface area contributed by atoms with Gasteiger partial charge in [0.1, 0.15) is 10.8 Å². The zero-order chi connectivity index (χ0) is 18.2. The molecular weight excluding hydrogens is 491 g/mol. The van der Waals surface area contributed by atoms with E-state index in [1.54, 1.807) is 28.9 Å². The van der Waals surface area contributed by atoms with E-state index < -0.39 is 0 Å². The van der Waals surface area contributed by atoms with Crippen LogP contribution in [0.2, 0.25) is 0 Å². The number of furan rings is 1. The Labute approximate surface area is 185 Å². The van der Waals surface area contributed by atoms with Crippen molar-refractivity contribution in [2.24, 2.45) is 4.99 Å². The fraction of sp³-hybridized carbons (Fsp3) is 0.368. The van der Waals surface area contributed by atoms with Crippen LogP contribution in [0.25, 0.3) is 0 Å². The van der Waals surface area contributed by atoms with Gasteiger partial charge >= 0.3 is 0 Å². The fourth-order valence-electron chi connectivity index (χ4n) is 2.32. The minimum atomic E-state index is 0. The highest BCUT2D eigenvalue weighted by Crippen LogP contribution is 2.17. The molecule has 3 rings (SSSR count). The molecule has 27 heavy (non-hydrogen) atoms. The highest BCUT2D eigenvalue weighted by molar-refractivity contribution is 14.0. The van der Waals surface area contributed by atoms with Gasteiger partial charge in [0.15, 0.2) is 5.96 Å². The van der Waals surface area contributed by atoms with Crippen molar-refractivity contribution in [2.45, 2.75) is 39.3 Å². The molecule has 3 aromatic heterocycles. The second-order valence-corrected chi connectivity index (χ2v) is 8.15. The van der Waals surface area contributed by atoms with E-state index in [1.807, 2.05) is 12.1 Å². The third-order valence-electron chi connectivity index (χ3n) is 3.79. The molecule has 0 spiro atoms. The van der Waals surface area contributed by atoms with E-state index in [-0.39, 0.29) is 24.0 Å². The third-order valence-corrected chi connectivity index (χ3v) is 5.51. The van der Waals surface area contributed by atoms with Crippen molar-refractivity contribution in [1.82, 2.24) is 15.6 Å². The summed E-state index contributed by atoms with van der Waals surface area (Å²) in [5, 5.41) is 12.1. The molecule has 0 saturated carbocycles. The summed E-state index contributed by atoms with van der Waals surface area (Å²) < 4.78 is 5.38. The lowest BCUT2D eigenvalue weighted by Gasteiger charge is -2.11. The number of aliphatic imine (C=N–C) groups is 1. The van der Waals surface area contributed by atoms with Gasteiger partial charge < -0.3 is 15.1 Å². The third kappa shape index (κ3) is 7.27. The number of thiazole rings is 1. The number of rotatable bonds is 8. The van der Waals surface area contributed by atoms with Gasteiger partial charge in [-0.25, -0.2) is 9.98 Å². The molecule has 2 N–H and O–H groups in total. The van der Waals surface area contributed by atoms with Crippen LogP contribution in [0.4, 0.5) is 0 Å². The van der Waals surface area contributed by atoms with E-state index in [4.69, 9.17) is 9.41 Å². The van der Waals surface area contributed by atoms with Gasteiger partial charge in [-0.05, 0) is 29.5 Å². The molecule has 0 amide bonds. The van der Waals surface area contributed by atoms with E-state index in [0.29, 0.717) is 19.0 Å². The molecule has 0 unspecified atom stereocenters. The summed E-state index contributed by atoms with van der Waals surface area (Å²) in [5.41, 5.74) is 1.15. The quantitative estimate of drug-likeness (QED) is 0.251. The summed E-state index contributed by atoms with van der Waals surface area (Å²) >= 11 is 3.41. The number of guanidine groups is 1. The molecule has 0 aliphatic heterocycles. The largest absolute Gasteiger partial charge is 0.469 e. The van der Waals surface area contributed by atoms with Crippen LogP contribution < -0.4 is 10.6 Å². The lowest BCUT2D eigenvalue weighted by atomic mass is 10.2. The number of halogens is 1. The van der Waals surface area contributed by atoms with Crippen LogP contribution in [0.1, 0.15) is 41.1 Å². The molecule has 0 aliphatic carbocycles. The number of thiophene rings is 1. The number of aromatic nitrogens is 1. The first-order valence-corrected chi connectivity index (χ1v) is 10.5. The van der Waals surface area contributed by atoms with Crippen LogP contribution in [-0.2, 0) is 19.5 Å². The van der Waals surface area contributed by atoms with Crippen LogP contribution in [-0.4, -0.2) is 17.5 Å². The second-order valence-electron chi connectivity index (χ2n) is 6.17. The lowest BCUT2D eigenvalue weighted by Crippen LogP contribution is -2.38. The fourth-order valence-corrected chi connectivity index (χ4v) is 3.85. The van der Waals surface area contributed by atoms with Crippen molar-refractivity contribution >= 4 is 52.6 Å². The predicted molar refractivity (Wildman–Crippen MR) is 124 cm³/mol. The Kier molecular flexibility index (Phi) is 9.29. The average molecular weight is 516 g/mol. The Morgan fingerprint density at radius 1 is 1.22 bits per heavy atom. The molecule has 0 radical (unpaired) electrons. The minimum Gasteiger partial charge on any atom is -0.469 e. The Morgan fingerprint density at radius 2 is 2.11 bits per heavy atom. The smallest absolute Gasteiger partial charge is 0.191 e. The molecule has 0 saturated heterocycles. The van der Waals surface area contributed by atoms with Crippen molar-refractivity contribution < 1.29 is 4.42 Å². The summed E-state index contributed by atoms with van der Waals surface area (Å²) in [5.74, 6) is 2.22. The van der Waals surface area contributed by atoms with Gasteiger partial charge in [-0.15, -0.1) is 46.7 Å². The van der Waals surface area contributed by atoms with Gasteiger partial charge in [0, 0.05) is 23.2 Å². The van der Waals surface area contributed by atoms with Crippen LogP contribution in [0.5, 0.6) is 0 Å². The Bertz CT molecular complexity index is 798. The number of nitrogens with zero attached hydrogens (tertiary/aromatic N) is 2. The van der Waals surface area contributed by atoms with E-state index >= 15 is 0 Å². The molecule has 3 aromatic rings. The van der Waals surface area contributed by atoms with E-state index in [2.05, 4.69) is 52.4 Å². The molecule has 146 valence electrons. The SMILES string of the molecule is CC(C)c1csc(CNC(=NCc2cccs2)NCCc2ccco2)n1.I. The Balaban J connectivity index is 0.00000261. The van der Waals surface area contributed by atoms with Crippen molar-refractivity contribution in [3.05, 3.63) is 62.6 Å².